The van der Waals surface area contributed by atoms with Gasteiger partial charge >= 0.3 is 6.18 Å². The molecule has 0 aliphatic rings. The number of nitrogens with zero attached hydrogens (tertiary/aromatic N) is 1. The lowest BCUT2D eigenvalue weighted by Crippen LogP contribution is -2.53. The van der Waals surface area contributed by atoms with Crippen molar-refractivity contribution in [2.75, 3.05) is 0 Å². The fourth-order valence-electron chi connectivity index (χ4n) is 2.58. The van der Waals surface area contributed by atoms with E-state index in [1.165, 1.54) is 20.8 Å². The number of hydrogen-bond acceptors (Lipinski definition) is 5. The molecule has 182 valence electrons. The van der Waals surface area contributed by atoms with Crippen LogP contribution in [0, 0.1) is 0 Å². The summed E-state index contributed by atoms with van der Waals surface area (Å²) in [4.78, 5) is 28.9. The average Bonchev–Trinajstić information content (AvgIpc) is 2.65. The quantitative estimate of drug-likeness (QED) is 0.411. The monoisotopic (exact) mass is 462 g/mol. The third-order valence-corrected chi connectivity index (χ3v) is 4.05. The van der Waals surface area contributed by atoms with Crippen LogP contribution >= 0.6 is 0 Å². The minimum absolute atomic E-state index is 0.0176. The second kappa shape index (κ2) is 11.1. The lowest BCUT2D eigenvalue weighted by atomic mass is 10.1. The summed E-state index contributed by atoms with van der Waals surface area (Å²) in [5.74, 6) is -1.05. The molecule has 0 saturated carbocycles. The number of aliphatic hydroxyl groups is 1. The molecule has 2 atom stereocenters. The van der Waals surface area contributed by atoms with E-state index in [-0.39, 0.29) is 18.6 Å². The number of benzene rings is 1. The summed E-state index contributed by atoms with van der Waals surface area (Å²) in [6.45, 7) is 10.8. The molecule has 1 aromatic carbocycles. The number of amides is 2. The summed E-state index contributed by atoms with van der Waals surface area (Å²) in [6, 6.07) is 5.15. The Bertz CT molecular complexity index is 740. The van der Waals surface area contributed by atoms with Crippen LogP contribution in [-0.2, 0) is 32.3 Å². The zero-order valence-electron chi connectivity index (χ0n) is 19.3. The summed E-state index contributed by atoms with van der Waals surface area (Å²) >= 11 is 0. The Kier molecular flexibility index (Phi) is 9.67. The molecule has 10 heteroatoms. The highest BCUT2D eigenvalue weighted by Crippen LogP contribution is 2.27. The fourth-order valence-corrected chi connectivity index (χ4v) is 2.58. The first-order valence-electron chi connectivity index (χ1n) is 10.2. The second-order valence-electron chi connectivity index (χ2n) is 9.44. The van der Waals surface area contributed by atoms with Gasteiger partial charge in [0.2, 0.25) is 6.41 Å². The third kappa shape index (κ3) is 10.9. The third-order valence-electron chi connectivity index (χ3n) is 4.05. The number of hydroxylamine groups is 2. The summed E-state index contributed by atoms with van der Waals surface area (Å²) < 4.78 is 44.8. The van der Waals surface area contributed by atoms with Gasteiger partial charge < -0.3 is 15.2 Å². The van der Waals surface area contributed by atoms with Gasteiger partial charge in [0.05, 0.1) is 24.2 Å². The Morgan fingerprint density at radius 3 is 2.03 bits per heavy atom. The SMILES string of the molecule is CC(C)(C)OCc1ccc(CNC(=O)C(O)C(CC(F)(F)F)N(C=O)OC(C)(C)C)cc1. The summed E-state index contributed by atoms with van der Waals surface area (Å²) in [7, 11) is 0. The number of ether oxygens (including phenoxy) is 1. The number of alkyl halides is 3. The Hall–Kier alpha value is -2.17. The van der Waals surface area contributed by atoms with Gasteiger partial charge in [-0.05, 0) is 52.7 Å². The number of hydrogen-bond donors (Lipinski definition) is 2. The lowest BCUT2D eigenvalue weighted by Gasteiger charge is -2.35. The Morgan fingerprint density at radius 1 is 1.06 bits per heavy atom. The van der Waals surface area contributed by atoms with Gasteiger partial charge in [-0.3, -0.25) is 14.4 Å². The number of rotatable bonds is 10. The molecular formula is C22H33F3N2O5. The normalized spacial score (nSPS) is 14.6. The van der Waals surface area contributed by atoms with Crippen molar-refractivity contribution < 1.29 is 37.4 Å². The van der Waals surface area contributed by atoms with Gasteiger partial charge in [-0.1, -0.05) is 24.3 Å². The summed E-state index contributed by atoms with van der Waals surface area (Å²) in [5.41, 5.74) is 0.290. The van der Waals surface area contributed by atoms with Gasteiger partial charge in [0.15, 0.2) is 6.10 Å². The molecule has 2 N–H and O–H groups in total. The molecule has 0 heterocycles. The van der Waals surface area contributed by atoms with Crippen molar-refractivity contribution >= 4 is 12.3 Å². The van der Waals surface area contributed by atoms with E-state index in [0.29, 0.717) is 17.2 Å². The van der Waals surface area contributed by atoms with E-state index in [2.05, 4.69) is 5.32 Å². The zero-order valence-corrected chi connectivity index (χ0v) is 19.3. The predicted molar refractivity (Wildman–Crippen MR) is 112 cm³/mol. The second-order valence-corrected chi connectivity index (χ2v) is 9.44. The molecule has 0 radical (unpaired) electrons. The predicted octanol–water partition coefficient (Wildman–Crippen LogP) is 3.49. The first-order valence-corrected chi connectivity index (χ1v) is 10.2. The van der Waals surface area contributed by atoms with Crippen LogP contribution in [0.5, 0.6) is 0 Å². The number of halogens is 3. The molecule has 2 amide bonds. The molecular weight excluding hydrogens is 429 g/mol. The molecule has 0 bridgehead atoms. The molecule has 0 saturated heterocycles. The van der Waals surface area contributed by atoms with E-state index in [9.17, 15) is 27.9 Å². The smallest absolute Gasteiger partial charge is 0.381 e. The highest BCUT2D eigenvalue weighted by molar-refractivity contribution is 5.81. The summed E-state index contributed by atoms with van der Waals surface area (Å²) in [6.07, 6.45) is -8.47. The van der Waals surface area contributed by atoms with Gasteiger partial charge in [-0.15, -0.1) is 0 Å². The first-order chi connectivity index (χ1) is 14.5. The van der Waals surface area contributed by atoms with Crippen molar-refractivity contribution in [1.29, 1.82) is 0 Å². The number of nitrogens with one attached hydrogen (secondary N) is 1. The molecule has 7 nitrogen and oxygen atoms in total. The molecule has 1 rings (SSSR count). The van der Waals surface area contributed by atoms with Crippen LogP contribution in [0.1, 0.15) is 59.1 Å². The minimum Gasteiger partial charge on any atom is -0.381 e. The van der Waals surface area contributed by atoms with E-state index in [4.69, 9.17) is 9.57 Å². The summed E-state index contributed by atoms with van der Waals surface area (Å²) in [5, 5.41) is 13.0. The van der Waals surface area contributed by atoms with Gasteiger partial charge in [-0.2, -0.15) is 13.2 Å². The van der Waals surface area contributed by atoms with Crippen LogP contribution in [0.4, 0.5) is 13.2 Å². The zero-order chi connectivity index (χ0) is 24.7. The lowest BCUT2D eigenvalue weighted by molar-refractivity contribution is -0.257. The van der Waals surface area contributed by atoms with E-state index in [1.54, 1.807) is 24.3 Å². The standard InChI is InChI=1S/C22H33F3N2O5/c1-20(2,3)31-13-16-9-7-15(8-10-16)12-26-19(30)18(29)17(11-22(23,24)25)27(14-28)32-21(4,5)6/h7-10,14,17-18,29H,11-13H2,1-6H3,(H,26,30). The van der Waals surface area contributed by atoms with Crippen LogP contribution in [0.25, 0.3) is 0 Å². The topological polar surface area (TPSA) is 88.1 Å². The van der Waals surface area contributed by atoms with E-state index in [1.807, 2.05) is 20.8 Å². The number of aliphatic hydroxyl groups excluding tert-OH is 1. The molecule has 0 spiro atoms. The van der Waals surface area contributed by atoms with Crippen molar-refractivity contribution in [3.63, 3.8) is 0 Å². The largest absolute Gasteiger partial charge is 0.391 e. The van der Waals surface area contributed by atoms with Crippen LogP contribution in [0.15, 0.2) is 24.3 Å². The molecule has 0 fully saturated rings. The van der Waals surface area contributed by atoms with Gasteiger partial charge in [-0.25, -0.2) is 5.06 Å². The van der Waals surface area contributed by atoms with E-state index < -0.39 is 36.3 Å². The van der Waals surface area contributed by atoms with E-state index in [0.717, 1.165) is 5.56 Å². The van der Waals surface area contributed by atoms with E-state index >= 15 is 0 Å². The Balaban J connectivity index is 2.81. The minimum atomic E-state index is -4.74. The van der Waals surface area contributed by atoms with Crippen LogP contribution < -0.4 is 5.32 Å². The van der Waals surface area contributed by atoms with Crippen molar-refractivity contribution in [3.05, 3.63) is 35.4 Å². The molecule has 32 heavy (non-hydrogen) atoms. The molecule has 2 unspecified atom stereocenters. The molecule has 1 aromatic rings. The van der Waals surface area contributed by atoms with Gasteiger partial charge in [0, 0.05) is 6.54 Å². The number of carbonyl (C=O) groups is 2. The highest BCUT2D eigenvalue weighted by atomic mass is 19.4. The first kappa shape index (κ1) is 27.9. The number of carbonyl (C=O) groups excluding carboxylic acids is 2. The van der Waals surface area contributed by atoms with Crippen molar-refractivity contribution in [2.45, 2.75) is 90.6 Å². The Morgan fingerprint density at radius 2 is 1.59 bits per heavy atom. The van der Waals surface area contributed by atoms with Gasteiger partial charge in [0.1, 0.15) is 6.04 Å². The molecule has 0 aromatic heterocycles. The van der Waals surface area contributed by atoms with Crippen LogP contribution in [0.2, 0.25) is 0 Å². The van der Waals surface area contributed by atoms with Crippen molar-refractivity contribution in [2.24, 2.45) is 0 Å². The average molecular weight is 463 g/mol. The Labute approximate surface area is 186 Å². The van der Waals surface area contributed by atoms with Crippen LogP contribution in [-0.4, -0.2) is 52.0 Å². The molecule has 0 aliphatic carbocycles. The van der Waals surface area contributed by atoms with Crippen molar-refractivity contribution in [1.82, 2.24) is 10.4 Å². The maximum Gasteiger partial charge on any atom is 0.391 e. The molecule has 0 aliphatic heterocycles. The van der Waals surface area contributed by atoms with Gasteiger partial charge in [0.25, 0.3) is 5.91 Å². The maximum absolute atomic E-state index is 13.0. The van der Waals surface area contributed by atoms with Crippen LogP contribution in [0.3, 0.4) is 0 Å². The fraction of sp³-hybridized carbons (Fsp3) is 0.636. The highest BCUT2D eigenvalue weighted by Gasteiger charge is 2.42. The maximum atomic E-state index is 13.0. The van der Waals surface area contributed by atoms with Crippen molar-refractivity contribution in [3.8, 4) is 0 Å².